The van der Waals surface area contributed by atoms with E-state index in [1.807, 2.05) is 0 Å². The number of nitrogen functional groups attached to an aromatic ring is 1. The van der Waals surface area contributed by atoms with Crippen molar-refractivity contribution in [2.45, 2.75) is 9.79 Å². The summed E-state index contributed by atoms with van der Waals surface area (Å²) >= 11 is 1.61. The second-order valence-corrected chi connectivity index (χ2v) is 6.25. The van der Waals surface area contributed by atoms with E-state index in [0.29, 0.717) is 16.7 Å². The van der Waals surface area contributed by atoms with E-state index >= 15 is 0 Å². The zero-order valence-electron chi connectivity index (χ0n) is 8.43. The second kappa shape index (κ2) is 4.97. The quantitative estimate of drug-likeness (QED) is 0.333. The van der Waals surface area contributed by atoms with Crippen molar-refractivity contribution in [1.29, 1.82) is 0 Å². The highest BCUT2D eigenvalue weighted by Crippen LogP contribution is 2.34. The number of aromatic nitrogens is 1. The molecule has 1 heterocycles. The van der Waals surface area contributed by atoms with Gasteiger partial charge in [0.25, 0.3) is 10.1 Å². The smallest absolute Gasteiger partial charge is 0.296 e. The summed E-state index contributed by atoms with van der Waals surface area (Å²) in [7, 11) is -4.45. The monoisotopic (exact) mass is 310 g/mol. The SMILES string of the molecule is Nc1nc2c(S(=O)(=O)O)cc(SOOO)cc2s1. The Balaban J connectivity index is 2.64. The van der Waals surface area contributed by atoms with Crippen LogP contribution in [0.1, 0.15) is 0 Å². The van der Waals surface area contributed by atoms with Crippen molar-refractivity contribution in [3.63, 3.8) is 0 Å². The third kappa shape index (κ3) is 2.72. The van der Waals surface area contributed by atoms with Crippen LogP contribution in [0, 0.1) is 0 Å². The first kappa shape index (κ1) is 13.5. The highest BCUT2D eigenvalue weighted by Gasteiger charge is 2.19. The van der Waals surface area contributed by atoms with E-state index in [0.717, 1.165) is 17.4 Å². The van der Waals surface area contributed by atoms with Gasteiger partial charge in [-0.05, 0) is 12.1 Å². The summed E-state index contributed by atoms with van der Waals surface area (Å²) < 4.78 is 36.2. The molecule has 18 heavy (non-hydrogen) atoms. The number of nitrogens with two attached hydrogens (primary N) is 1. The topological polar surface area (TPSA) is 132 Å². The molecule has 1 aromatic heterocycles. The fraction of sp³-hybridized carbons (Fsp3) is 0. The Morgan fingerprint density at radius 1 is 1.44 bits per heavy atom. The van der Waals surface area contributed by atoms with E-state index in [9.17, 15) is 8.42 Å². The highest BCUT2D eigenvalue weighted by atomic mass is 32.2. The molecule has 0 amide bonds. The van der Waals surface area contributed by atoms with Crippen molar-refractivity contribution in [3.8, 4) is 0 Å². The van der Waals surface area contributed by atoms with Gasteiger partial charge in [0, 0.05) is 4.90 Å². The van der Waals surface area contributed by atoms with Crippen LogP contribution in [0.5, 0.6) is 0 Å². The lowest BCUT2D eigenvalue weighted by Crippen LogP contribution is -1.99. The molecule has 0 unspecified atom stereocenters. The number of rotatable bonds is 4. The fourth-order valence-electron chi connectivity index (χ4n) is 1.29. The minimum Gasteiger partial charge on any atom is -0.375 e. The molecule has 2 aromatic rings. The molecule has 0 fully saturated rings. The van der Waals surface area contributed by atoms with Crippen molar-refractivity contribution >= 4 is 48.8 Å². The molecule has 98 valence electrons. The van der Waals surface area contributed by atoms with Gasteiger partial charge in [0.2, 0.25) is 0 Å². The number of benzene rings is 1. The van der Waals surface area contributed by atoms with E-state index in [-0.39, 0.29) is 15.5 Å². The van der Waals surface area contributed by atoms with Crippen molar-refractivity contribution in [3.05, 3.63) is 12.1 Å². The average molecular weight is 310 g/mol. The van der Waals surface area contributed by atoms with E-state index < -0.39 is 15.0 Å². The van der Waals surface area contributed by atoms with Crippen molar-refractivity contribution in [2.75, 3.05) is 5.73 Å². The van der Waals surface area contributed by atoms with Crippen molar-refractivity contribution in [2.24, 2.45) is 0 Å². The molecule has 11 heteroatoms. The van der Waals surface area contributed by atoms with Gasteiger partial charge in [0.15, 0.2) is 5.13 Å². The molecular weight excluding hydrogens is 304 g/mol. The van der Waals surface area contributed by atoms with Gasteiger partial charge in [-0.3, -0.25) is 4.55 Å². The van der Waals surface area contributed by atoms with E-state index in [4.69, 9.17) is 15.5 Å². The molecule has 0 saturated carbocycles. The van der Waals surface area contributed by atoms with Crippen LogP contribution >= 0.6 is 23.4 Å². The lowest BCUT2D eigenvalue weighted by molar-refractivity contribution is -0.432. The first-order chi connectivity index (χ1) is 8.41. The summed E-state index contributed by atoms with van der Waals surface area (Å²) in [5, 5.41) is 11.6. The van der Waals surface area contributed by atoms with Gasteiger partial charge in [0.1, 0.15) is 10.4 Å². The van der Waals surface area contributed by atoms with Gasteiger partial charge in [-0.25, -0.2) is 10.2 Å². The van der Waals surface area contributed by atoms with Crippen molar-refractivity contribution < 1.29 is 27.6 Å². The molecule has 2 rings (SSSR count). The maximum absolute atomic E-state index is 11.2. The Hall–Kier alpha value is -0.950. The van der Waals surface area contributed by atoms with E-state index in [1.165, 1.54) is 6.07 Å². The van der Waals surface area contributed by atoms with E-state index in [2.05, 4.69) is 14.4 Å². The Kier molecular flexibility index (Phi) is 3.72. The number of hydrogen-bond acceptors (Lipinski definition) is 9. The Morgan fingerprint density at radius 2 is 2.17 bits per heavy atom. The van der Waals surface area contributed by atoms with Crippen molar-refractivity contribution in [1.82, 2.24) is 4.98 Å². The third-order valence-electron chi connectivity index (χ3n) is 1.89. The van der Waals surface area contributed by atoms with Gasteiger partial charge < -0.3 is 5.73 Å². The molecule has 1 aromatic carbocycles. The average Bonchev–Trinajstić information content (AvgIpc) is 2.63. The summed E-state index contributed by atoms with van der Waals surface area (Å²) in [5.74, 6) is 0. The summed E-state index contributed by atoms with van der Waals surface area (Å²) in [6, 6.07) is 2.66. The second-order valence-electron chi connectivity index (χ2n) is 3.02. The summed E-state index contributed by atoms with van der Waals surface area (Å²) in [4.78, 5) is 3.72. The van der Waals surface area contributed by atoms with Crippen LogP contribution in [0.4, 0.5) is 5.13 Å². The van der Waals surface area contributed by atoms with Crippen LogP contribution in [0.25, 0.3) is 10.2 Å². The molecule has 0 spiro atoms. The summed E-state index contributed by atoms with van der Waals surface area (Å²) in [6.07, 6.45) is 0. The first-order valence-electron chi connectivity index (χ1n) is 4.24. The van der Waals surface area contributed by atoms with Gasteiger partial charge in [-0.1, -0.05) is 16.4 Å². The minimum atomic E-state index is -4.45. The van der Waals surface area contributed by atoms with Crippen LogP contribution in [-0.2, 0) is 19.5 Å². The molecule has 8 nitrogen and oxygen atoms in total. The summed E-state index contributed by atoms with van der Waals surface area (Å²) in [5.41, 5.74) is 5.56. The van der Waals surface area contributed by atoms with Gasteiger partial charge >= 0.3 is 0 Å². The number of hydrogen-bond donors (Lipinski definition) is 3. The predicted octanol–water partition coefficient (Wildman–Crippen LogP) is 1.55. The van der Waals surface area contributed by atoms with Crippen LogP contribution in [0.3, 0.4) is 0 Å². The lowest BCUT2D eigenvalue weighted by atomic mass is 10.3. The minimum absolute atomic E-state index is 0.0780. The molecule has 0 aliphatic carbocycles. The number of anilines is 1. The normalized spacial score (nSPS) is 12.1. The number of fused-ring (bicyclic) bond motifs is 1. The molecule has 0 aliphatic rings. The third-order valence-corrected chi connectivity index (χ3v) is 4.14. The molecule has 4 N–H and O–H groups in total. The number of nitrogens with zero attached hydrogens (tertiary/aromatic N) is 1. The Bertz CT molecular complexity index is 682. The molecule has 0 aliphatic heterocycles. The maximum Gasteiger partial charge on any atom is 0.296 e. The van der Waals surface area contributed by atoms with Crippen LogP contribution in [0.2, 0.25) is 0 Å². The largest absolute Gasteiger partial charge is 0.375 e. The lowest BCUT2D eigenvalue weighted by Gasteiger charge is -2.02. The Labute approximate surface area is 109 Å². The number of thiazole rings is 1. The zero-order valence-corrected chi connectivity index (χ0v) is 10.9. The van der Waals surface area contributed by atoms with Crippen LogP contribution < -0.4 is 5.73 Å². The fourth-order valence-corrected chi connectivity index (χ4v) is 3.42. The first-order valence-corrected chi connectivity index (χ1v) is 7.24. The molecule has 0 bridgehead atoms. The molecule has 0 atom stereocenters. The van der Waals surface area contributed by atoms with Gasteiger partial charge in [-0.2, -0.15) is 8.42 Å². The summed E-state index contributed by atoms with van der Waals surface area (Å²) in [6.45, 7) is 0. The van der Waals surface area contributed by atoms with Crippen LogP contribution in [0.15, 0.2) is 21.9 Å². The molecule has 0 saturated heterocycles. The molecular formula is C7H6N2O6S3. The standard InChI is InChI=1S/C7H6N2O6S3/c8-7-9-6-4(16-7)1-3(17-15-14-10)2-5(6)18(11,12)13/h1-2,10H,(H2,8,9)(H,11,12,13). The maximum atomic E-state index is 11.2. The van der Waals surface area contributed by atoms with E-state index in [1.54, 1.807) is 0 Å². The highest BCUT2D eigenvalue weighted by molar-refractivity contribution is 7.94. The van der Waals surface area contributed by atoms with Gasteiger partial charge in [-0.15, -0.1) is 4.33 Å². The zero-order chi connectivity index (χ0) is 13.3. The van der Waals surface area contributed by atoms with Crippen LogP contribution in [-0.4, -0.2) is 23.2 Å². The predicted molar refractivity (Wildman–Crippen MR) is 64.5 cm³/mol. The Morgan fingerprint density at radius 3 is 2.78 bits per heavy atom. The molecule has 0 radical (unpaired) electrons. The van der Waals surface area contributed by atoms with Gasteiger partial charge in [0.05, 0.1) is 16.7 Å².